The van der Waals surface area contributed by atoms with Gasteiger partial charge in [-0.15, -0.1) is 11.3 Å². The number of nitrogens with zero attached hydrogens (tertiary/aromatic N) is 2. The molecule has 0 saturated heterocycles. The number of hydrogen-bond acceptors (Lipinski definition) is 5. The van der Waals surface area contributed by atoms with E-state index < -0.39 is 4.92 Å². The van der Waals surface area contributed by atoms with E-state index in [-0.39, 0.29) is 18.0 Å². The Hall–Kier alpha value is -3.06. The highest BCUT2D eigenvalue weighted by Gasteiger charge is 2.12. The van der Waals surface area contributed by atoms with Gasteiger partial charge in [0.15, 0.2) is 0 Å². The number of hydrazone groups is 1. The van der Waals surface area contributed by atoms with E-state index in [0.29, 0.717) is 10.6 Å². The monoisotopic (exact) mass is 353 g/mol. The van der Waals surface area contributed by atoms with Crippen molar-refractivity contribution in [2.24, 2.45) is 5.10 Å². The van der Waals surface area contributed by atoms with Crippen LogP contribution in [0.2, 0.25) is 0 Å². The molecule has 7 heteroatoms. The van der Waals surface area contributed by atoms with E-state index in [1.54, 1.807) is 6.92 Å². The van der Waals surface area contributed by atoms with Crippen molar-refractivity contribution in [2.75, 3.05) is 0 Å². The van der Waals surface area contributed by atoms with Gasteiger partial charge in [0.1, 0.15) is 0 Å². The Bertz CT molecular complexity index is 973. The van der Waals surface area contributed by atoms with E-state index in [0.717, 1.165) is 16.3 Å². The molecule has 3 aromatic rings. The first-order valence-electron chi connectivity index (χ1n) is 7.57. The topological polar surface area (TPSA) is 84.6 Å². The molecule has 0 aliphatic heterocycles. The highest BCUT2D eigenvalue weighted by molar-refractivity contribution is 7.12. The maximum Gasteiger partial charge on any atom is 0.280 e. The van der Waals surface area contributed by atoms with Crippen LogP contribution in [-0.2, 0) is 11.2 Å². The standard InChI is InChI=1S/C18H15N3O3S/c1-12(17-10-15(11-25-17)21(23)24)19-20-18(22)9-14-7-4-6-13-5-2-3-8-16(13)14/h2-8,10-11H,9H2,1H3,(H,20,22). The third kappa shape index (κ3) is 3.89. The molecule has 0 saturated carbocycles. The van der Waals surface area contributed by atoms with Gasteiger partial charge < -0.3 is 0 Å². The molecule has 0 bridgehead atoms. The number of benzene rings is 2. The molecule has 126 valence electrons. The van der Waals surface area contributed by atoms with Crippen molar-refractivity contribution in [2.45, 2.75) is 13.3 Å². The first-order chi connectivity index (χ1) is 12.0. The molecule has 1 amide bonds. The molecule has 1 aromatic heterocycles. The molecule has 0 radical (unpaired) electrons. The van der Waals surface area contributed by atoms with E-state index in [4.69, 9.17) is 0 Å². The number of nitrogens with one attached hydrogen (secondary N) is 1. The highest BCUT2D eigenvalue weighted by atomic mass is 32.1. The van der Waals surface area contributed by atoms with Gasteiger partial charge in [-0.05, 0) is 23.3 Å². The number of carbonyl (C=O) groups is 1. The lowest BCUT2D eigenvalue weighted by atomic mass is 10.0. The van der Waals surface area contributed by atoms with Crippen molar-refractivity contribution >= 4 is 39.4 Å². The third-order valence-corrected chi connectivity index (χ3v) is 4.76. The Morgan fingerprint density at radius 1 is 1.24 bits per heavy atom. The van der Waals surface area contributed by atoms with E-state index in [1.807, 2.05) is 42.5 Å². The van der Waals surface area contributed by atoms with Gasteiger partial charge in [0.05, 0.1) is 27.3 Å². The van der Waals surface area contributed by atoms with Gasteiger partial charge in [-0.3, -0.25) is 14.9 Å². The summed E-state index contributed by atoms with van der Waals surface area (Å²) in [4.78, 5) is 23.1. The van der Waals surface area contributed by atoms with Gasteiger partial charge in [-0.1, -0.05) is 42.5 Å². The summed E-state index contributed by atoms with van der Waals surface area (Å²) < 4.78 is 0. The average Bonchev–Trinajstić information content (AvgIpc) is 3.10. The van der Waals surface area contributed by atoms with E-state index in [1.165, 1.54) is 22.8 Å². The zero-order valence-electron chi connectivity index (χ0n) is 13.4. The number of rotatable bonds is 5. The van der Waals surface area contributed by atoms with Crippen molar-refractivity contribution in [1.82, 2.24) is 5.43 Å². The lowest BCUT2D eigenvalue weighted by Crippen LogP contribution is -2.21. The first-order valence-corrected chi connectivity index (χ1v) is 8.45. The molecule has 0 fully saturated rings. The van der Waals surface area contributed by atoms with Crippen LogP contribution in [0.15, 0.2) is 59.0 Å². The second-order valence-electron chi connectivity index (χ2n) is 5.47. The number of carbonyl (C=O) groups excluding carboxylic acids is 1. The van der Waals surface area contributed by atoms with Gasteiger partial charge in [-0.2, -0.15) is 5.10 Å². The van der Waals surface area contributed by atoms with Gasteiger partial charge in [0.25, 0.3) is 5.69 Å². The van der Waals surface area contributed by atoms with Crippen LogP contribution in [0.5, 0.6) is 0 Å². The van der Waals surface area contributed by atoms with Crippen molar-refractivity contribution < 1.29 is 9.72 Å². The summed E-state index contributed by atoms with van der Waals surface area (Å²) in [6.45, 7) is 1.70. The maximum absolute atomic E-state index is 12.2. The van der Waals surface area contributed by atoms with Crippen molar-refractivity contribution in [3.63, 3.8) is 0 Å². The zero-order chi connectivity index (χ0) is 17.8. The Morgan fingerprint density at radius 3 is 2.76 bits per heavy atom. The summed E-state index contributed by atoms with van der Waals surface area (Å²) in [6, 6.07) is 15.2. The fraction of sp³-hybridized carbons (Fsp3) is 0.111. The Labute approximate surface area is 148 Å². The molecule has 0 unspecified atom stereocenters. The number of thiophene rings is 1. The zero-order valence-corrected chi connectivity index (χ0v) is 14.2. The SMILES string of the molecule is CC(=NNC(=O)Cc1cccc2ccccc12)c1cc([N+](=O)[O-])cs1. The number of amides is 1. The highest BCUT2D eigenvalue weighted by Crippen LogP contribution is 2.22. The van der Waals surface area contributed by atoms with Crippen LogP contribution in [0.3, 0.4) is 0 Å². The van der Waals surface area contributed by atoms with Crippen molar-refractivity contribution in [1.29, 1.82) is 0 Å². The average molecular weight is 353 g/mol. The third-order valence-electron chi connectivity index (χ3n) is 3.73. The van der Waals surface area contributed by atoms with Crippen LogP contribution in [0.1, 0.15) is 17.4 Å². The Balaban J connectivity index is 1.70. The predicted octanol–water partition coefficient (Wildman–Crippen LogP) is 3.89. The lowest BCUT2D eigenvalue weighted by molar-refractivity contribution is -0.384. The summed E-state index contributed by atoms with van der Waals surface area (Å²) in [5.74, 6) is -0.234. The second kappa shape index (κ2) is 7.23. The van der Waals surface area contributed by atoms with Crippen molar-refractivity contribution in [3.05, 3.63) is 74.5 Å². The smallest absolute Gasteiger partial charge is 0.273 e. The van der Waals surface area contributed by atoms with Crippen LogP contribution in [-0.4, -0.2) is 16.5 Å². The largest absolute Gasteiger partial charge is 0.280 e. The van der Waals surface area contributed by atoms with Gasteiger partial charge in [0, 0.05) is 6.07 Å². The number of fused-ring (bicyclic) bond motifs is 1. The Morgan fingerprint density at radius 2 is 2.00 bits per heavy atom. The summed E-state index contributed by atoms with van der Waals surface area (Å²) in [7, 11) is 0. The normalized spacial score (nSPS) is 11.5. The van der Waals surface area contributed by atoms with Crippen molar-refractivity contribution in [3.8, 4) is 0 Å². The summed E-state index contributed by atoms with van der Waals surface area (Å²) in [6.07, 6.45) is 0.211. The van der Waals surface area contributed by atoms with E-state index >= 15 is 0 Å². The van der Waals surface area contributed by atoms with E-state index in [9.17, 15) is 14.9 Å². The lowest BCUT2D eigenvalue weighted by Gasteiger charge is -2.06. The van der Waals surface area contributed by atoms with Gasteiger partial charge in [0.2, 0.25) is 5.91 Å². The molecule has 0 aliphatic carbocycles. The van der Waals surface area contributed by atoms with Crippen LogP contribution in [0, 0.1) is 10.1 Å². The quantitative estimate of drug-likeness (QED) is 0.429. The van der Waals surface area contributed by atoms with Gasteiger partial charge in [-0.25, -0.2) is 5.43 Å². The second-order valence-corrected chi connectivity index (χ2v) is 6.38. The molecule has 6 nitrogen and oxygen atoms in total. The van der Waals surface area contributed by atoms with Crippen LogP contribution in [0.25, 0.3) is 10.8 Å². The molecule has 3 rings (SSSR count). The van der Waals surface area contributed by atoms with Crippen LogP contribution >= 0.6 is 11.3 Å². The first kappa shape index (κ1) is 16.8. The number of hydrogen-bond donors (Lipinski definition) is 1. The maximum atomic E-state index is 12.2. The molecule has 0 aliphatic rings. The Kier molecular flexibility index (Phi) is 4.85. The molecular weight excluding hydrogens is 338 g/mol. The minimum absolute atomic E-state index is 0.0247. The molecule has 1 N–H and O–H groups in total. The summed E-state index contributed by atoms with van der Waals surface area (Å²) in [5.41, 5.74) is 4.00. The predicted molar refractivity (Wildman–Crippen MR) is 99.0 cm³/mol. The van der Waals surface area contributed by atoms with Crippen LogP contribution in [0.4, 0.5) is 5.69 Å². The minimum Gasteiger partial charge on any atom is -0.273 e. The molecule has 1 heterocycles. The fourth-order valence-electron chi connectivity index (χ4n) is 2.47. The molecule has 2 aromatic carbocycles. The van der Waals surface area contributed by atoms with Gasteiger partial charge >= 0.3 is 0 Å². The molecule has 25 heavy (non-hydrogen) atoms. The van der Waals surface area contributed by atoms with Crippen LogP contribution < -0.4 is 5.43 Å². The molecule has 0 spiro atoms. The molecule has 0 atom stereocenters. The summed E-state index contributed by atoms with van der Waals surface area (Å²) >= 11 is 1.22. The minimum atomic E-state index is -0.452. The number of nitro groups is 1. The summed E-state index contributed by atoms with van der Waals surface area (Å²) in [5, 5.41) is 18.3. The fourth-order valence-corrected chi connectivity index (χ4v) is 3.28. The molecular formula is C18H15N3O3S. The van der Waals surface area contributed by atoms with E-state index in [2.05, 4.69) is 10.5 Å².